The third kappa shape index (κ3) is 2.35. The van der Waals surface area contributed by atoms with Crippen LogP contribution in [0.5, 0.6) is 0 Å². The molecule has 0 aromatic carbocycles. The van der Waals surface area contributed by atoms with Crippen LogP contribution in [-0.4, -0.2) is 19.1 Å². The third-order valence-electron chi connectivity index (χ3n) is 1.74. The number of amides is 1. The largest absolute Gasteiger partial charge is 0.381 e. The zero-order chi connectivity index (χ0) is 7.40. The van der Waals surface area contributed by atoms with Crippen LogP contribution in [0.3, 0.4) is 0 Å². The Morgan fingerprint density at radius 2 is 2.50 bits per heavy atom. The molecule has 3 nitrogen and oxygen atoms in total. The van der Waals surface area contributed by atoms with Crippen LogP contribution in [0.1, 0.15) is 19.3 Å². The molecular formula is C7H13NO2. The highest BCUT2D eigenvalue weighted by atomic mass is 16.5. The van der Waals surface area contributed by atoms with Crippen LogP contribution in [0.15, 0.2) is 0 Å². The van der Waals surface area contributed by atoms with Crippen molar-refractivity contribution in [3.8, 4) is 0 Å². The van der Waals surface area contributed by atoms with Gasteiger partial charge in [0, 0.05) is 19.6 Å². The van der Waals surface area contributed by atoms with E-state index >= 15 is 0 Å². The average molecular weight is 143 g/mol. The summed E-state index contributed by atoms with van der Waals surface area (Å²) in [5.41, 5.74) is 5.03. The van der Waals surface area contributed by atoms with E-state index in [1.165, 1.54) is 0 Å². The summed E-state index contributed by atoms with van der Waals surface area (Å²) in [6, 6.07) is 0. The number of primary amides is 1. The molecule has 1 atom stereocenters. The van der Waals surface area contributed by atoms with Crippen LogP contribution in [0.25, 0.3) is 0 Å². The van der Waals surface area contributed by atoms with Gasteiger partial charge in [-0.2, -0.15) is 0 Å². The zero-order valence-corrected chi connectivity index (χ0v) is 6.01. The monoisotopic (exact) mass is 143 g/mol. The summed E-state index contributed by atoms with van der Waals surface area (Å²) in [6.07, 6.45) is 2.64. The van der Waals surface area contributed by atoms with Gasteiger partial charge in [0.25, 0.3) is 0 Å². The van der Waals surface area contributed by atoms with Gasteiger partial charge < -0.3 is 10.5 Å². The first kappa shape index (κ1) is 7.54. The third-order valence-corrected chi connectivity index (χ3v) is 1.74. The Morgan fingerprint density at radius 3 is 3.00 bits per heavy atom. The van der Waals surface area contributed by atoms with Gasteiger partial charge in [0.05, 0.1) is 0 Å². The van der Waals surface area contributed by atoms with Gasteiger partial charge >= 0.3 is 0 Å². The molecule has 3 heteroatoms. The van der Waals surface area contributed by atoms with Crippen molar-refractivity contribution >= 4 is 5.91 Å². The molecule has 0 aliphatic carbocycles. The Bertz CT molecular complexity index is 119. The summed E-state index contributed by atoms with van der Waals surface area (Å²) in [6.45, 7) is 1.55. The molecule has 0 bridgehead atoms. The molecule has 1 saturated heterocycles. The van der Waals surface area contributed by atoms with Gasteiger partial charge in [-0.1, -0.05) is 0 Å². The molecule has 0 saturated carbocycles. The Morgan fingerprint density at radius 1 is 1.70 bits per heavy atom. The van der Waals surface area contributed by atoms with Gasteiger partial charge in [-0.05, 0) is 18.8 Å². The minimum absolute atomic E-state index is 0.212. The van der Waals surface area contributed by atoms with Crippen molar-refractivity contribution in [2.45, 2.75) is 19.3 Å². The molecule has 2 N–H and O–H groups in total. The van der Waals surface area contributed by atoms with Gasteiger partial charge in [-0.3, -0.25) is 4.79 Å². The quantitative estimate of drug-likeness (QED) is 0.604. The summed E-state index contributed by atoms with van der Waals surface area (Å²) in [7, 11) is 0. The smallest absolute Gasteiger partial charge is 0.217 e. The van der Waals surface area contributed by atoms with Crippen LogP contribution >= 0.6 is 0 Å². The summed E-state index contributed by atoms with van der Waals surface area (Å²) < 4.78 is 5.18. The Labute approximate surface area is 60.5 Å². The number of nitrogens with two attached hydrogens (primary N) is 1. The van der Waals surface area contributed by atoms with E-state index in [2.05, 4.69) is 0 Å². The van der Waals surface area contributed by atoms with Crippen molar-refractivity contribution in [1.82, 2.24) is 0 Å². The van der Waals surface area contributed by atoms with E-state index in [0.717, 1.165) is 19.4 Å². The second kappa shape index (κ2) is 3.56. The van der Waals surface area contributed by atoms with Crippen LogP contribution in [0, 0.1) is 5.92 Å². The molecule has 0 spiro atoms. The van der Waals surface area contributed by atoms with Gasteiger partial charge in [-0.25, -0.2) is 0 Å². The fourth-order valence-electron chi connectivity index (χ4n) is 1.25. The number of carbonyl (C=O) groups excluding carboxylic acids is 1. The topological polar surface area (TPSA) is 52.3 Å². The van der Waals surface area contributed by atoms with E-state index in [1.54, 1.807) is 0 Å². The van der Waals surface area contributed by atoms with E-state index in [4.69, 9.17) is 10.5 Å². The number of carbonyl (C=O) groups is 1. The second-order valence-electron chi connectivity index (χ2n) is 2.75. The number of hydrogen-bond acceptors (Lipinski definition) is 2. The molecule has 1 rings (SSSR count). The lowest BCUT2D eigenvalue weighted by molar-refractivity contribution is -0.119. The van der Waals surface area contributed by atoms with E-state index in [0.29, 0.717) is 18.9 Å². The van der Waals surface area contributed by atoms with Crippen molar-refractivity contribution in [3.05, 3.63) is 0 Å². The highest BCUT2D eigenvalue weighted by Gasteiger charge is 2.15. The van der Waals surface area contributed by atoms with E-state index in [-0.39, 0.29) is 5.91 Å². The predicted molar refractivity (Wildman–Crippen MR) is 37.4 cm³/mol. The molecule has 0 unspecified atom stereocenters. The van der Waals surface area contributed by atoms with E-state index in [9.17, 15) is 4.79 Å². The molecule has 0 radical (unpaired) electrons. The maximum absolute atomic E-state index is 10.4. The second-order valence-corrected chi connectivity index (χ2v) is 2.75. The molecule has 0 aromatic rings. The normalized spacial score (nSPS) is 26.2. The van der Waals surface area contributed by atoms with Crippen molar-refractivity contribution in [2.75, 3.05) is 13.2 Å². The minimum atomic E-state index is -0.212. The van der Waals surface area contributed by atoms with Gasteiger partial charge in [0.1, 0.15) is 0 Å². The summed E-state index contributed by atoms with van der Waals surface area (Å²) >= 11 is 0. The maximum Gasteiger partial charge on any atom is 0.217 e. The fraction of sp³-hybridized carbons (Fsp3) is 0.857. The fourth-order valence-corrected chi connectivity index (χ4v) is 1.25. The van der Waals surface area contributed by atoms with Crippen molar-refractivity contribution in [1.29, 1.82) is 0 Å². The van der Waals surface area contributed by atoms with Crippen LogP contribution in [0.2, 0.25) is 0 Å². The van der Waals surface area contributed by atoms with Gasteiger partial charge in [-0.15, -0.1) is 0 Å². The summed E-state index contributed by atoms with van der Waals surface area (Å²) in [5, 5.41) is 0. The number of ether oxygens (including phenoxy) is 1. The SMILES string of the molecule is NC(=O)C[C@@H]1CCCOC1. The van der Waals surface area contributed by atoms with E-state index in [1.807, 2.05) is 0 Å². The average Bonchev–Trinajstić information content (AvgIpc) is 1.88. The molecule has 1 heterocycles. The zero-order valence-electron chi connectivity index (χ0n) is 6.01. The van der Waals surface area contributed by atoms with Crippen molar-refractivity contribution in [3.63, 3.8) is 0 Å². The van der Waals surface area contributed by atoms with Crippen LogP contribution < -0.4 is 5.73 Å². The maximum atomic E-state index is 10.4. The predicted octanol–water partition coefficient (Wildman–Crippen LogP) is 0.288. The van der Waals surface area contributed by atoms with Crippen LogP contribution in [-0.2, 0) is 9.53 Å². The molecule has 0 aromatic heterocycles. The van der Waals surface area contributed by atoms with Gasteiger partial charge in [0.15, 0.2) is 0 Å². The van der Waals surface area contributed by atoms with Crippen LogP contribution in [0.4, 0.5) is 0 Å². The summed E-state index contributed by atoms with van der Waals surface area (Å²) in [5.74, 6) is 0.168. The molecular weight excluding hydrogens is 130 g/mol. The minimum Gasteiger partial charge on any atom is -0.381 e. The molecule has 1 aliphatic rings. The number of hydrogen-bond donors (Lipinski definition) is 1. The highest BCUT2D eigenvalue weighted by Crippen LogP contribution is 2.15. The standard InChI is InChI=1S/C7H13NO2/c8-7(9)4-6-2-1-3-10-5-6/h6H,1-5H2,(H2,8,9)/t6-/m0/s1. The van der Waals surface area contributed by atoms with E-state index < -0.39 is 0 Å². The lowest BCUT2D eigenvalue weighted by Gasteiger charge is -2.20. The molecule has 10 heavy (non-hydrogen) atoms. The molecule has 1 amide bonds. The lowest BCUT2D eigenvalue weighted by Crippen LogP contribution is -2.23. The first-order valence-electron chi connectivity index (χ1n) is 3.65. The Balaban J connectivity index is 2.19. The first-order valence-corrected chi connectivity index (χ1v) is 3.65. The Kier molecular flexibility index (Phi) is 2.68. The lowest BCUT2D eigenvalue weighted by atomic mass is 9.99. The first-order chi connectivity index (χ1) is 4.79. The molecule has 1 fully saturated rings. The number of rotatable bonds is 2. The van der Waals surface area contributed by atoms with Gasteiger partial charge in [0.2, 0.25) is 5.91 Å². The molecule has 1 aliphatic heterocycles. The van der Waals surface area contributed by atoms with Crippen molar-refractivity contribution in [2.24, 2.45) is 11.7 Å². The Hall–Kier alpha value is -0.570. The van der Waals surface area contributed by atoms with Crippen molar-refractivity contribution < 1.29 is 9.53 Å². The molecule has 58 valence electrons. The summed E-state index contributed by atoms with van der Waals surface area (Å²) in [4.78, 5) is 10.4. The highest BCUT2D eigenvalue weighted by molar-refractivity contribution is 5.73.